The van der Waals surface area contributed by atoms with Crippen LogP contribution in [0.2, 0.25) is 0 Å². The minimum absolute atomic E-state index is 0.518. The van der Waals surface area contributed by atoms with Crippen molar-refractivity contribution in [3.05, 3.63) is 41.0 Å². The maximum Gasteiger partial charge on any atom is 0.153 e. The van der Waals surface area contributed by atoms with Crippen molar-refractivity contribution in [1.82, 2.24) is 15.2 Å². The molecule has 0 aliphatic rings. The van der Waals surface area contributed by atoms with E-state index >= 15 is 0 Å². The summed E-state index contributed by atoms with van der Waals surface area (Å²) in [7, 11) is 0. The average molecular weight is 270 g/mol. The Morgan fingerprint density at radius 3 is 2.53 bits per heavy atom. The third-order valence-electron chi connectivity index (χ3n) is 3.00. The highest BCUT2D eigenvalue weighted by atomic mass is 32.1. The summed E-state index contributed by atoms with van der Waals surface area (Å²) in [4.78, 5) is 5.33. The van der Waals surface area contributed by atoms with Crippen molar-refractivity contribution in [1.29, 1.82) is 0 Å². The zero-order valence-electron chi connectivity index (χ0n) is 10.8. The number of nitrogens with zero attached hydrogens (tertiary/aromatic N) is 2. The van der Waals surface area contributed by atoms with Crippen molar-refractivity contribution in [2.45, 2.75) is 13.8 Å². The van der Waals surface area contributed by atoms with Crippen LogP contribution in [0.4, 0.5) is 5.82 Å². The first-order valence-corrected chi connectivity index (χ1v) is 6.80. The third-order valence-corrected chi connectivity index (χ3v) is 3.93. The minimum atomic E-state index is 0.518. The Labute approximate surface area is 115 Å². The molecule has 0 bridgehead atoms. The predicted octanol–water partition coefficient (Wildman–Crippen LogP) is 3.40. The van der Waals surface area contributed by atoms with Crippen LogP contribution in [0.3, 0.4) is 0 Å². The Balaban J connectivity index is 2.16. The number of aromatic amines is 1. The number of benzene rings is 1. The van der Waals surface area contributed by atoms with Gasteiger partial charge in [0.05, 0.1) is 21.1 Å². The zero-order chi connectivity index (χ0) is 13.4. The van der Waals surface area contributed by atoms with Crippen molar-refractivity contribution < 1.29 is 0 Å². The van der Waals surface area contributed by atoms with E-state index in [0.29, 0.717) is 5.82 Å². The van der Waals surface area contributed by atoms with Crippen molar-refractivity contribution in [3.63, 3.8) is 0 Å². The van der Waals surface area contributed by atoms with Gasteiger partial charge in [-0.1, -0.05) is 29.8 Å². The van der Waals surface area contributed by atoms with Gasteiger partial charge in [0.25, 0.3) is 0 Å². The molecule has 3 N–H and O–H groups in total. The molecule has 2 aromatic heterocycles. The lowest BCUT2D eigenvalue weighted by Crippen LogP contribution is -1.88. The molecule has 0 unspecified atom stereocenters. The maximum absolute atomic E-state index is 6.00. The van der Waals surface area contributed by atoms with Gasteiger partial charge < -0.3 is 5.73 Å². The fraction of sp³-hybridized carbons (Fsp3) is 0.143. The van der Waals surface area contributed by atoms with Crippen molar-refractivity contribution >= 4 is 17.2 Å². The highest BCUT2D eigenvalue weighted by Gasteiger charge is 2.16. The van der Waals surface area contributed by atoms with E-state index in [1.165, 1.54) is 5.56 Å². The first-order chi connectivity index (χ1) is 9.15. The molecule has 3 aromatic rings. The zero-order valence-corrected chi connectivity index (χ0v) is 11.6. The van der Waals surface area contributed by atoms with Gasteiger partial charge in [-0.2, -0.15) is 5.10 Å². The molecule has 96 valence electrons. The third kappa shape index (κ3) is 2.13. The Bertz CT molecular complexity index is 709. The molecule has 2 heterocycles. The summed E-state index contributed by atoms with van der Waals surface area (Å²) in [5.41, 5.74) is 10.2. The van der Waals surface area contributed by atoms with Crippen LogP contribution in [0.25, 0.3) is 21.7 Å². The van der Waals surface area contributed by atoms with Crippen molar-refractivity contribution in [2.75, 3.05) is 5.73 Å². The molecule has 0 aliphatic heterocycles. The quantitative estimate of drug-likeness (QED) is 0.750. The number of hydrogen-bond donors (Lipinski definition) is 2. The number of aromatic nitrogens is 3. The van der Waals surface area contributed by atoms with Crippen molar-refractivity contribution in [2.24, 2.45) is 0 Å². The van der Waals surface area contributed by atoms with Gasteiger partial charge in [-0.15, -0.1) is 11.3 Å². The Morgan fingerprint density at radius 2 is 1.89 bits per heavy atom. The molecule has 19 heavy (non-hydrogen) atoms. The van der Waals surface area contributed by atoms with E-state index in [1.807, 2.05) is 13.1 Å². The van der Waals surface area contributed by atoms with Gasteiger partial charge in [-0.3, -0.25) is 5.10 Å². The number of anilines is 1. The molecule has 0 aliphatic carbocycles. The summed E-state index contributed by atoms with van der Waals surface area (Å²) < 4.78 is 0. The van der Waals surface area contributed by atoms with Crippen LogP contribution >= 0.6 is 11.3 Å². The summed E-state index contributed by atoms with van der Waals surface area (Å²) in [6, 6.07) is 8.27. The molecule has 1 aromatic carbocycles. The maximum atomic E-state index is 6.00. The standard InChI is InChI=1S/C14H14N4S/c1-8-3-5-10(6-4-8)12-13(17-18-14(12)15)11-7-16-9(2)19-11/h3-7H,1-2H3,(H3,15,17,18). The van der Waals surface area contributed by atoms with Gasteiger partial charge in [0, 0.05) is 6.20 Å². The number of H-pyrrole nitrogens is 1. The molecule has 0 saturated carbocycles. The molecule has 0 fully saturated rings. The van der Waals surface area contributed by atoms with Gasteiger partial charge in [-0.05, 0) is 19.4 Å². The van der Waals surface area contributed by atoms with Gasteiger partial charge in [0.2, 0.25) is 0 Å². The normalized spacial score (nSPS) is 10.8. The monoisotopic (exact) mass is 270 g/mol. The van der Waals surface area contributed by atoms with Gasteiger partial charge in [-0.25, -0.2) is 4.98 Å². The number of thiazole rings is 1. The molecule has 0 atom stereocenters. The van der Waals surface area contributed by atoms with Crippen LogP contribution in [-0.4, -0.2) is 15.2 Å². The summed E-state index contributed by atoms with van der Waals surface area (Å²) in [5.74, 6) is 0.518. The van der Waals surface area contributed by atoms with Gasteiger partial charge in [0.15, 0.2) is 5.82 Å². The van der Waals surface area contributed by atoms with Crippen LogP contribution in [0.5, 0.6) is 0 Å². The number of rotatable bonds is 2. The van der Waals surface area contributed by atoms with Crippen LogP contribution < -0.4 is 5.73 Å². The van der Waals surface area contributed by atoms with Gasteiger partial charge in [0.1, 0.15) is 0 Å². The molecule has 0 saturated heterocycles. The Morgan fingerprint density at radius 1 is 1.16 bits per heavy atom. The van der Waals surface area contributed by atoms with E-state index in [9.17, 15) is 0 Å². The molecule has 0 spiro atoms. The highest BCUT2D eigenvalue weighted by molar-refractivity contribution is 7.15. The van der Waals surface area contributed by atoms with E-state index in [-0.39, 0.29) is 0 Å². The lowest BCUT2D eigenvalue weighted by Gasteiger charge is -2.03. The summed E-state index contributed by atoms with van der Waals surface area (Å²) in [6.07, 6.45) is 1.85. The number of nitrogen functional groups attached to an aromatic ring is 1. The van der Waals surface area contributed by atoms with Crippen LogP contribution in [0.1, 0.15) is 10.6 Å². The number of nitrogens with one attached hydrogen (secondary N) is 1. The van der Waals surface area contributed by atoms with Crippen LogP contribution in [-0.2, 0) is 0 Å². The fourth-order valence-electron chi connectivity index (χ4n) is 2.02. The first kappa shape index (κ1) is 11.9. The second kappa shape index (κ2) is 4.51. The van der Waals surface area contributed by atoms with E-state index < -0.39 is 0 Å². The second-order valence-electron chi connectivity index (χ2n) is 4.47. The lowest BCUT2D eigenvalue weighted by atomic mass is 10.0. The summed E-state index contributed by atoms with van der Waals surface area (Å²) >= 11 is 1.63. The van der Waals surface area contributed by atoms with Crippen LogP contribution in [0.15, 0.2) is 30.5 Å². The highest BCUT2D eigenvalue weighted by Crippen LogP contribution is 2.36. The smallest absolute Gasteiger partial charge is 0.153 e. The first-order valence-electron chi connectivity index (χ1n) is 5.99. The Hall–Kier alpha value is -2.14. The number of hydrogen-bond acceptors (Lipinski definition) is 4. The average Bonchev–Trinajstić information content (AvgIpc) is 2.97. The summed E-state index contributed by atoms with van der Waals surface area (Å²) in [6.45, 7) is 4.05. The Kier molecular flexibility index (Phi) is 2.83. The molecular formula is C14H14N4S. The molecular weight excluding hydrogens is 256 g/mol. The molecule has 4 nitrogen and oxygen atoms in total. The minimum Gasteiger partial charge on any atom is -0.382 e. The number of aryl methyl sites for hydroxylation is 2. The fourth-order valence-corrected chi connectivity index (χ4v) is 2.80. The van der Waals surface area contributed by atoms with E-state index in [0.717, 1.165) is 26.7 Å². The molecule has 0 amide bonds. The predicted molar refractivity (Wildman–Crippen MR) is 79.0 cm³/mol. The molecule has 0 radical (unpaired) electrons. The molecule has 3 rings (SSSR count). The van der Waals surface area contributed by atoms with Gasteiger partial charge >= 0.3 is 0 Å². The SMILES string of the molecule is Cc1ccc(-c2c(N)n[nH]c2-c2cnc(C)s2)cc1. The lowest BCUT2D eigenvalue weighted by molar-refractivity contribution is 1.10. The second-order valence-corrected chi connectivity index (χ2v) is 5.70. The molecule has 5 heteroatoms. The van der Waals surface area contributed by atoms with E-state index in [1.54, 1.807) is 11.3 Å². The largest absolute Gasteiger partial charge is 0.382 e. The summed E-state index contributed by atoms with van der Waals surface area (Å²) in [5, 5.41) is 8.17. The topological polar surface area (TPSA) is 67.6 Å². The van der Waals surface area contributed by atoms with E-state index in [2.05, 4.69) is 46.4 Å². The van der Waals surface area contributed by atoms with E-state index in [4.69, 9.17) is 5.73 Å². The van der Waals surface area contributed by atoms with Crippen molar-refractivity contribution in [3.8, 4) is 21.7 Å². The number of nitrogens with two attached hydrogens (primary N) is 1. The van der Waals surface area contributed by atoms with Crippen LogP contribution in [0, 0.1) is 13.8 Å².